The second-order valence-corrected chi connectivity index (χ2v) is 5.49. The summed E-state index contributed by atoms with van der Waals surface area (Å²) in [5.74, 6) is 0.0191. The van der Waals surface area contributed by atoms with E-state index in [-0.39, 0.29) is 11.8 Å². The van der Waals surface area contributed by atoms with Crippen LogP contribution >= 0.6 is 0 Å². The molecule has 2 aromatic heterocycles. The molecule has 0 unspecified atom stereocenters. The smallest absolute Gasteiger partial charge is 0.375 e. The molecule has 4 rings (SSSR count). The van der Waals surface area contributed by atoms with Crippen LogP contribution in [0, 0.1) is 0 Å². The lowest BCUT2D eigenvalue weighted by molar-refractivity contribution is 0.0878. The molecule has 0 aliphatic carbocycles. The molecule has 0 N–H and O–H groups in total. The Morgan fingerprint density at radius 3 is 1.52 bits per heavy atom. The van der Waals surface area contributed by atoms with Crippen molar-refractivity contribution in [2.75, 3.05) is 0 Å². The summed E-state index contributed by atoms with van der Waals surface area (Å²) < 4.78 is 14.3. The first-order valence-corrected chi connectivity index (χ1v) is 8.00. The fraction of sp³-hybridized carbons (Fsp3) is 0. The van der Waals surface area contributed by atoms with Crippen LogP contribution in [0.4, 0.5) is 9.59 Å². The second kappa shape index (κ2) is 7.09. The van der Waals surface area contributed by atoms with Gasteiger partial charge in [0.05, 0.1) is 11.0 Å². The van der Waals surface area contributed by atoms with Gasteiger partial charge < -0.3 is 14.2 Å². The van der Waals surface area contributed by atoms with E-state index in [2.05, 4.69) is 14.7 Å². The third-order valence-corrected chi connectivity index (χ3v) is 3.69. The van der Waals surface area contributed by atoms with E-state index in [4.69, 9.17) is 9.47 Å². The molecule has 0 bridgehead atoms. The number of aromatic nitrogens is 2. The second-order valence-electron chi connectivity index (χ2n) is 5.49. The lowest BCUT2D eigenvalue weighted by atomic mass is 10.2. The number of benzene rings is 2. The molecule has 0 fully saturated rings. The number of carbonyl (C=O) groups is 2. The maximum absolute atomic E-state index is 11.8. The average Bonchev–Trinajstić information content (AvgIpc) is 2.67. The topological polar surface area (TPSA) is 87.6 Å². The Balaban J connectivity index is 1.39. The number of rotatable bonds is 2. The van der Waals surface area contributed by atoms with Crippen molar-refractivity contribution in [1.29, 1.82) is 0 Å². The van der Waals surface area contributed by atoms with Gasteiger partial charge in [-0.15, -0.1) is 0 Å². The van der Waals surface area contributed by atoms with Gasteiger partial charge in [-0.1, -0.05) is 36.4 Å². The predicted octanol–water partition coefficient (Wildman–Crippen LogP) is 4.50. The van der Waals surface area contributed by atoms with Crippen LogP contribution in [0.15, 0.2) is 72.8 Å². The number of fused-ring (bicyclic) bond motifs is 2. The molecule has 0 saturated heterocycles. The summed E-state index contributed by atoms with van der Waals surface area (Å²) in [7, 11) is 0. The van der Waals surface area contributed by atoms with E-state index in [1.807, 2.05) is 36.4 Å². The zero-order valence-corrected chi connectivity index (χ0v) is 13.9. The fourth-order valence-electron chi connectivity index (χ4n) is 2.49. The van der Waals surface area contributed by atoms with Crippen molar-refractivity contribution in [3.05, 3.63) is 72.8 Å². The summed E-state index contributed by atoms with van der Waals surface area (Å²) in [6.07, 6.45) is -2.49. The third-order valence-electron chi connectivity index (χ3n) is 3.69. The summed E-state index contributed by atoms with van der Waals surface area (Å²) in [6, 6.07) is 21.1. The zero-order chi connectivity index (χ0) is 18.6. The van der Waals surface area contributed by atoms with Crippen molar-refractivity contribution >= 4 is 34.1 Å². The summed E-state index contributed by atoms with van der Waals surface area (Å²) in [5, 5.41) is 1.78. The first-order valence-electron chi connectivity index (χ1n) is 8.00. The van der Waals surface area contributed by atoms with Gasteiger partial charge in [-0.25, -0.2) is 19.6 Å². The molecule has 2 heterocycles. The van der Waals surface area contributed by atoms with Crippen molar-refractivity contribution < 1.29 is 23.8 Å². The third kappa shape index (κ3) is 3.82. The molecule has 4 aromatic rings. The SMILES string of the molecule is O=C(OC(=O)Oc1ccc2ccccc2n1)Oc1ccc2ccccc2n1. The van der Waals surface area contributed by atoms with Gasteiger partial charge in [0.1, 0.15) is 0 Å². The van der Waals surface area contributed by atoms with Crippen molar-refractivity contribution in [2.24, 2.45) is 0 Å². The van der Waals surface area contributed by atoms with E-state index in [9.17, 15) is 9.59 Å². The molecule has 0 spiro atoms. The van der Waals surface area contributed by atoms with Crippen LogP contribution in [0.3, 0.4) is 0 Å². The van der Waals surface area contributed by atoms with Gasteiger partial charge in [-0.05, 0) is 24.3 Å². The molecule has 0 aliphatic heterocycles. The minimum Gasteiger partial charge on any atom is -0.375 e. The van der Waals surface area contributed by atoms with E-state index >= 15 is 0 Å². The standard InChI is InChI=1S/C20H12N2O5/c23-19(25-17-11-9-13-5-1-3-7-15(13)21-17)27-20(24)26-18-12-10-14-6-2-4-8-16(14)22-18/h1-12H. The van der Waals surface area contributed by atoms with Crippen LogP contribution in [0.1, 0.15) is 0 Å². The highest BCUT2D eigenvalue weighted by atomic mass is 16.8. The normalized spacial score (nSPS) is 10.5. The molecular weight excluding hydrogens is 348 g/mol. The molecule has 7 nitrogen and oxygen atoms in total. The lowest BCUT2D eigenvalue weighted by Crippen LogP contribution is -2.20. The number of hydrogen-bond donors (Lipinski definition) is 0. The Bertz CT molecular complexity index is 1070. The maximum atomic E-state index is 11.8. The van der Waals surface area contributed by atoms with Gasteiger partial charge in [0.2, 0.25) is 11.8 Å². The Labute approximate surface area is 153 Å². The molecule has 0 amide bonds. The summed E-state index contributed by atoms with van der Waals surface area (Å²) in [4.78, 5) is 31.8. The number of hydrogen-bond acceptors (Lipinski definition) is 7. The first kappa shape index (κ1) is 16.5. The molecular formula is C20H12N2O5. The number of carbonyl (C=O) groups excluding carboxylic acids is 2. The zero-order valence-electron chi connectivity index (χ0n) is 13.9. The van der Waals surface area contributed by atoms with Gasteiger partial charge in [-0.2, -0.15) is 0 Å². The van der Waals surface area contributed by atoms with Gasteiger partial charge in [0, 0.05) is 22.9 Å². The fourth-order valence-corrected chi connectivity index (χ4v) is 2.49. The number of nitrogens with zero attached hydrogens (tertiary/aromatic N) is 2. The maximum Gasteiger partial charge on any atom is 0.525 e. The quantitative estimate of drug-likeness (QED) is 0.384. The summed E-state index contributed by atoms with van der Waals surface area (Å²) in [5.41, 5.74) is 1.29. The van der Waals surface area contributed by atoms with Crippen molar-refractivity contribution in [1.82, 2.24) is 9.97 Å². The van der Waals surface area contributed by atoms with Crippen molar-refractivity contribution in [3.8, 4) is 11.8 Å². The van der Waals surface area contributed by atoms with E-state index < -0.39 is 12.3 Å². The molecule has 0 atom stereocenters. The van der Waals surface area contributed by atoms with Crippen LogP contribution < -0.4 is 9.47 Å². The molecule has 0 aliphatic rings. The Morgan fingerprint density at radius 1 is 0.593 bits per heavy atom. The molecule has 0 saturated carbocycles. The molecule has 2 aromatic carbocycles. The van der Waals surface area contributed by atoms with Crippen molar-refractivity contribution in [2.45, 2.75) is 0 Å². The molecule has 132 valence electrons. The summed E-state index contributed by atoms with van der Waals surface area (Å²) in [6.45, 7) is 0. The van der Waals surface area contributed by atoms with Crippen LogP contribution in [0.5, 0.6) is 11.8 Å². The number of para-hydroxylation sites is 2. The first-order chi connectivity index (χ1) is 13.2. The highest BCUT2D eigenvalue weighted by Crippen LogP contribution is 2.18. The van der Waals surface area contributed by atoms with Gasteiger partial charge >= 0.3 is 12.3 Å². The van der Waals surface area contributed by atoms with Crippen LogP contribution in [0.25, 0.3) is 21.8 Å². The molecule has 7 heteroatoms. The highest BCUT2D eigenvalue weighted by molar-refractivity contribution is 5.82. The molecule has 0 radical (unpaired) electrons. The summed E-state index contributed by atoms with van der Waals surface area (Å²) >= 11 is 0. The minimum atomic E-state index is -1.25. The van der Waals surface area contributed by atoms with E-state index in [1.165, 1.54) is 12.1 Å². The van der Waals surface area contributed by atoms with Gasteiger partial charge in [-0.3, -0.25) is 0 Å². The van der Waals surface area contributed by atoms with Gasteiger partial charge in [0.25, 0.3) is 0 Å². The number of pyridine rings is 2. The van der Waals surface area contributed by atoms with Crippen molar-refractivity contribution in [3.63, 3.8) is 0 Å². The van der Waals surface area contributed by atoms with Crippen LogP contribution in [-0.2, 0) is 4.74 Å². The molecule has 27 heavy (non-hydrogen) atoms. The largest absolute Gasteiger partial charge is 0.525 e. The Hall–Kier alpha value is -4.00. The highest BCUT2D eigenvalue weighted by Gasteiger charge is 2.16. The average molecular weight is 360 g/mol. The van der Waals surface area contributed by atoms with E-state index in [0.717, 1.165) is 10.8 Å². The monoisotopic (exact) mass is 360 g/mol. The Kier molecular flexibility index (Phi) is 4.32. The van der Waals surface area contributed by atoms with Crippen LogP contribution in [0.2, 0.25) is 0 Å². The predicted molar refractivity (Wildman–Crippen MR) is 96.6 cm³/mol. The Morgan fingerprint density at radius 2 is 1.04 bits per heavy atom. The lowest BCUT2D eigenvalue weighted by Gasteiger charge is -2.06. The van der Waals surface area contributed by atoms with E-state index in [0.29, 0.717) is 11.0 Å². The van der Waals surface area contributed by atoms with Gasteiger partial charge in [0.15, 0.2) is 0 Å². The van der Waals surface area contributed by atoms with E-state index in [1.54, 1.807) is 24.3 Å². The number of ether oxygens (including phenoxy) is 3. The minimum absolute atomic E-state index is 0.00956. The van der Waals surface area contributed by atoms with Crippen LogP contribution in [-0.4, -0.2) is 22.3 Å².